The topological polar surface area (TPSA) is 42.0 Å². The lowest BCUT2D eigenvalue weighted by Gasteiger charge is -2.35. The summed E-state index contributed by atoms with van der Waals surface area (Å²) in [6, 6.07) is 11.0. The molecule has 0 aromatic heterocycles. The third-order valence-corrected chi connectivity index (χ3v) is 5.83. The standard InChI is InChI=1S/C20H22BrClN2O3/c1-26-17-8-5-15(18(21)19(17)27-2)13-23-9-11-24(12-10-23)20(25)14-3-6-16(22)7-4-14/h3-8H,9-13H2,1-2H3. The highest BCUT2D eigenvalue weighted by molar-refractivity contribution is 9.10. The summed E-state index contributed by atoms with van der Waals surface area (Å²) < 4.78 is 11.7. The van der Waals surface area contributed by atoms with E-state index < -0.39 is 0 Å². The fourth-order valence-corrected chi connectivity index (χ4v) is 3.92. The minimum absolute atomic E-state index is 0.0543. The van der Waals surface area contributed by atoms with E-state index in [4.69, 9.17) is 21.1 Å². The molecular weight excluding hydrogens is 432 g/mol. The summed E-state index contributed by atoms with van der Waals surface area (Å²) in [5.41, 5.74) is 1.81. The van der Waals surface area contributed by atoms with E-state index in [0.29, 0.717) is 35.2 Å². The Morgan fingerprint density at radius 2 is 1.70 bits per heavy atom. The quantitative estimate of drug-likeness (QED) is 0.684. The predicted octanol–water partition coefficient (Wildman–Crippen LogP) is 4.08. The van der Waals surface area contributed by atoms with Gasteiger partial charge in [0, 0.05) is 43.3 Å². The number of rotatable bonds is 5. The Hall–Kier alpha value is -1.76. The Kier molecular flexibility index (Phi) is 6.63. The molecule has 7 heteroatoms. The number of hydrogen-bond acceptors (Lipinski definition) is 4. The molecule has 0 spiro atoms. The van der Waals surface area contributed by atoms with Crippen molar-refractivity contribution < 1.29 is 14.3 Å². The van der Waals surface area contributed by atoms with Crippen molar-refractivity contribution in [3.63, 3.8) is 0 Å². The highest BCUT2D eigenvalue weighted by Gasteiger charge is 2.23. The van der Waals surface area contributed by atoms with Gasteiger partial charge in [-0.15, -0.1) is 0 Å². The molecule has 0 unspecified atom stereocenters. The molecule has 0 N–H and O–H groups in total. The molecule has 2 aromatic carbocycles. The minimum atomic E-state index is 0.0543. The highest BCUT2D eigenvalue weighted by atomic mass is 79.9. The molecule has 5 nitrogen and oxygen atoms in total. The van der Waals surface area contributed by atoms with Crippen LogP contribution >= 0.6 is 27.5 Å². The lowest BCUT2D eigenvalue weighted by molar-refractivity contribution is 0.0628. The number of methoxy groups -OCH3 is 2. The smallest absolute Gasteiger partial charge is 0.253 e. The second kappa shape index (κ2) is 8.95. The fraction of sp³-hybridized carbons (Fsp3) is 0.350. The van der Waals surface area contributed by atoms with Crippen LogP contribution in [0.5, 0.6) is 11.5 Å². The largest absolute Gasteiger partial charge is 0.493 e. The lowest BCUT2D eigenvalue weighted by Crippen LogP contribution is -2.48. The number of nitrogens with zero attached hydrogens (tertiary/aromatic N) is 2. The van der Waals surface area contributed by atoms with E-state index in [1.807, 2.05) is 17.0 Å². The summed E-state index contributed by atoms with van der Waals surface area (Å²) in [5, 5.41) is 0.636. The number of benzene rings is 2. The molecule has 0 saturated carbocycles. The summed E-state index contributed by atoms with van der Waals surface area (Å²) >= 11 is 9.52. The SMILES string of the molecule is COc1ccc(CN2CCN(C(=O)c3ccc(Cl)cc3)CC2)c(Br)c1OC. The van der Waals surface area contributed by atoms with Gasteiger partial charge in [-0.2, -0.15) is 0 Å². The van der Waals surface area contributed by atoms with Crippen LogP contribution in [0, 0.1) is 0 Å². The summed E-state index contributed by atoms with van der Waals surface area (Å²) in [7, 11) is 3.26. The molecule has 1 aliphatic rings. The van der Waals surface area contributed by atoms with E-state index in [-0.39, 0.29) is 5.91 Å². The Morgan fingerprint density at radius 3 is 2.30 bits per heavy atom. The summed E-state index contributed by atoms with van der Waals surface area (Å²) in [6.07, 6.45) is 0. The monoisotopic (exact) mass is 452 g/mol. The molecule has 1 amide bonds. The van der Waals surface area contributed by atoms with E-state index in [2.05, 4.69) is 20.8 Å². The van der Waals surface area contributed by atoms with Crippen molar-refractivity contribution in [2.24, 2.45) is 0 Å². The summed E-state index contributed by atoms with van der Waals surface area (Å²) in [6.45, 7) is 3.82. The molecule has 0 aliphatic carbocycles. The van der Waals surface area contributed by atoms with Crippen molar-refractivity contribution in [3.8, 4) is 11.5 Å². The van der Waals surface area contributed by atoms with Crippen molar-refractivity contribution in [2.45, 2.75) is 6.54 Å². The number of halogens is 2. The fourth-order valence-electron chi connectivity index (χ4n) is 3.18. The normalized spacial score (nSPS) is 14.9. The van der Waals surface area contributed by atoms with Crippen LogP contribution in [0.4, 0.5) is 0 Å². The van der Waals surface area contributed by atoms with Gasteiger partial charge in [0.1, 0.15) is 0 Å². The van der Waals surface area contributed by atoms with Crippen LogP contribution in [0.15, 0.2) is 40.9 Å². The number of carbonyl (C=O) groups is 1. The van der Waals surface area contributed by atoms with Gasteiger partial charge in [-0.1, -0.05) is 17.7 Å². The van der Waals surface area contributed by atoms with Gasteiger partial charge in [-0.3, -0.25) is 9.69 Å². The van der Waals surface area contributed by atoms with Gasteiger partial charge >= 0.3 is 0 Å². The van der Waals surface area contributed by atoms with Gasteiger partial charge in [0.2, 0.25) is 0 Å². The first-order valence-corrected chi connectivity index (χ1v) is 9.87. The molecule has 0 atom stereocenters. The number of ether oxygens (including phenoxy) is 2. The van der Waals surface area contributed by atoms with Crippen LogP contribution in [0.2, 0.25) is 5.02 Å². The first kappa shape index (κ1) is 20.0. The van der Waals surface area contributed by atoms with Gasteiger partial charge < -0.3 is 14.4 Å². The van der Waals surface area contributed by atoms with Crippen molar-refractivity contribution in [2.75, 3.05) is 40.4 Å². The van der Waals surface area contributed by atoms with Gasteiger partial charge in [0.15, 0.2) is 11.5 Å². The predicted molar refractivity (Wildman–Crippen MR) is 110 cm³/mol. The molecule has 1 heterocycles. The highest BCUT2D eigenvalue weighted by Crippen LogP contribution is 2.38. The first-order chi connectivity index (χ1) is 13.0. The zero-order valence-electron chi connectivity index (χ0n) is 15.4. The molecule has 1 aliphatic heterocycles. The first-order valence-electron chi connectivity index (χ1n) is 8.70. The maximum absolute atomic E-state index is 12.6. The molecule has 1 fully saturated rings. The summed E-state index contributed by atoms with van der Waals surface area (Å²) in [5.74, 6) is 1.46. The van der Waals surface area contributed by atoms with Crippen molar-refractivity contribution in [3.05, 3.63) is 57.0 Å². The van der Waals surface area contributed by atoms with Crippen molar-refractivity contribution in [1.29, 1.82) is 0 Å². The zero-order chi connectivity index (χ0) is 19.4. The van der Waals surface area contributed by atoms with Gasteiger partial charge in [0.05, 0.1) is 18.7 Å². The van der Waals surface area contributed by atoms with Gasteiger partial charge in [0.25, 0.3) is 5.91 Å². The Bertz CT molecular complexity index is 806. The third kappa shape index (κ3) is 4.57. The van der Waals surface area contributed by atoms with Crippen molar-refractivity contribution >= 4 is 33.4 Å². The Balaban J connectivity index is 1.61. The van der Waals surface area contributed by atoms with Crippen LogP contribution in [0.3, 0.4) is 0 Å². The molecule has 27 heavy (non-hydrogen) atoms. The van der Waals surface area contributed by atoms with Gasteiger partial charge in [-0.05, 0) is 51.8 Å². The zero-order valence-corrected chi connectivity index (χ0v) is 17.7. The maximum atomic E-state index is 12.6. The molecule has 0 bridgehead atoms. The number of hydrogen-bond donors (Lipinski definition) is 0. The van der Waals surface area contributed by atoms with Crippen LogP contribution in [0.25, 0.3) is 0 Å². The van der Waals surface area contributed by atoms with Crippen LogP contribution in [-0.4, -0.2) is 56.1 Å². The summed E-state index contributed by atoms with van der Waals surface area (Å²) in [4.78, 5) is 16.8. The van der Waals surface area contributed by atoms with E-state index in [0.717, 1.165) is 29.7 Å². The number of piperazine rings is 1. The lowest BCUT2D eigenvalue weighted by atomic mass is 10.1. The average molecular weight is 454 g/mol. The molecule has 3 rings (SSSR count). The van der Waals surface area contributed by atoms with E-state index >= 15 is 0 Å². The van der Waals surface area contributed by atoms with E-state index in [9.17, 15) is 4.79 Å². The molecular formula is C20H22BrClN2O3. The Labute approximate surface area is 172 Å². The molecule has 0 radical (unpaired) electrons. The van der Waals surface area contributed by atoms with E-state index in [1.165, 1.54) is 0 Å². The molecule has 144 valence electrons. The third-order valence-electron chi connectivity index (χ3n) is 4.71. The average Bonchev–Trinajstić information content (AvgIpc) is 2.70. The maximum Gasteiger partial charge on any atom is 0.253 e. The minimum Gasteiger partial charge on any atom is -0.493 e. The second-order valence-electron chi connectivity index (χ2n) is 6.35. The van der Waals surface area contributed by atoms with Gasteiger partial charge in [-0.25, -0.2) is 0 Å². The number of amides is 1. The van der Waals surface area contributed by atoms with Crippen LogP contribution < -0.4 is 9.47 Å². The van der Waals surface area contributed by atoms with E-state index in [1.54, 1.807) is 38.5 Å². The Morgan fingerprint density at radius 1 is 1.04 bits per heavy atom. The second-order valence-corrected chi connectivity index (χ2v) is 7.58. The molecule has 2 aromatic rings. The molecule has 1 saturated heterocycles. The van der Waals surface area contributed by atoms with Crippen LogP contribution in [-0.2, 0) is 6.54 Å². The van der Waals surface area contributed by atoms with Crippen molar-refractivity contribution in [1.82, 2.24) is 9.80 Å². The van der Waals surface area contributed by atoms with Crippen LogP contribution in [0.1, 0.15) is 15.9 Å². The number of carbonyl (C=O) groups excluding carboxylic acids is 1.